The van der Waals surface area contributed by atoms with Crippen LogP contribution in [0.5, 0.6) is 0 Å². The average Bonchev–Trinajstić information content (AvgIpc) is 2.41. The summed E-state index contributed by atoms with van der Waals surface area (Å²) in [6, 6.07) is 9.51. The molecule has 0 saturated carbocycles. The van der Waals surface area contributed by atoms with Crippen LogP contribution in [-0.2, 0) is 6.42 Å². The second-order valence-electron chi connectivity index (χ2n) is 4.44. The van der Waals surface area contributed by atoms with Gasteiger partial charge in [0, 0.05) is 18.1 Å². The number of aryl methyl sites for hydroxylation is 1. The number of carbonyl (C=O) groups excluding carboxylic acids is 1. The van der Waals surface area contributed by atoms with Gasteiger partial charge in [0.1, 0.15) is 0 Å². The Balaban J connectivity index is 2.06. The molecule has 1 aromatic carbocycles. The van der Waals surface area contributed by atoms with Crippen LogP contribution in [0.1, 0.15) is 21.5 Å². The fourth-order valence-electron chi connectivity index (χ4n) is 1.80. The number of nitrogens with one attached hydrogen (secondary N) is 1. The molecule has 1 aromatic heterocycles. The lowest BCUT2D eigenvalue weighted by atomic mass is 10.1. The van der Waals surface area contributed by atoms with Gasteiger partial charge in [0.2, 0.25) is 0 Å². The number of pyridine rings is 1. The molecule has 4 nitrogen and oxygen atoms in total. The van der Waals surface area contributed by atoms with E-state index in [1.54, 1.807) is 12.4 Å². The molecule has 0 bridgehead atoms. The van der Waals surface area contributed by atoms with Crippen molar-refractivity contribution in [3.8, 4) is 0 Å². The molecule has 19 heavy (non-hydrogen) atoms. The predicted molar refractivity (Wildman–Crippen MR) is 76.1 cm³/mol. The quantitative estimate of drug-likeness (QED) is 0.879. The van der Waals surface area contributed by atoms with Crippen molar-refractivity contribution in [2.45, 2.75) is 13.3 Å². The summed E-state index contributed by atoms with van der Waals surface area (Å²) >= 11 is 0. The molecule has 0 aliphatic carbocycles. The Bertz CT molecular complexity index is 564. The first-order valence-corrected chi connectivity index (χ1v) is 6.21. The fraction of sp³-hybridized carbons (Fsp3) is 0.200. The average molecular weight is 255 g/mol. The van der Waals surface area contributed by atoms with Crippen LogP contribution >= 0.6 is 0 Å². The van der Waals surface area contributed by atoms with Crippen molar-refractivity contribution in [2.24, 2.45) is 5.73 Å². The molecule has 0 radical (unpaired) electrons. The maximum Gasteiger partial charge on any atom is 0.257 e. The summed E-state index contributed by atoms with van der Waals surface area (Å²) < 4.78 is 0. The molecule has 2 rings (SSSR count). The van der Waals surface area contributed by atoms with Crippen LogP contribution in [-0.4, -0.2) is 17.4 Å². The van der Waals surface area contributed by atoms with Gasteiger partial charge in [-0.1, -0.05) is 12.1 Å². The van der Waals surface area contributed by atoms with Crippen LogP contribution in [0.15, 0.2) is 42.7 Å². The molecule has 0 saturated heterocycles. The number of nitrogens with two attached hydrogens (primary N) is 1. The van der Waals surface area contributed by atoms with Crippen molar-refractivity contribution in [3.63, 3.8) is 0 Å². The summed E-state index contributed by atoms with van der Waals surface area (Å²) in [7, 11) is 0. The molecule has 0 aliphatic rings. The highest BCUT2D eigenvalue weighted by molar-refractivity contribution is 6.04. The molecular formula is C15H17N3O. The first-order chi connectivity index (χ1) is 9.19. The van der Waals surface area contributed by atoms with Gasteiger partial charge in [-0.05, 0) is 49.2 Å². The summed E-state index contributed by atoms with van der Waals surface area (Å²) in [5, 5.41) is 2.84. The number of nitrogens with zero attached hydrogens (tertiary/aromatic N) is 1. The molecule has 0 aliphatic heterocycles. The number of hydrogen-bond donors (Lipinski definition) is 2. The highest BCUT2D eigenvalue weighted by Gasteiger charge is 2.06. The largest absolute Gasteiger partial charge is 0.330 e. The lowest BCUT2D eigenvalue weighted by Gasteiger charge is -2.06. The highest BCUT2D eigenvalue weighted by Crippen LogP contribution is 2.12. The molecule has 98 valence electrons. The van der Waals surface area contributed by atoms with E-state index in [1.807, 2.05) is 37.3 Å². The molecule has 0 spiro atoms. The van der Waals surface area contributed by atoms with Crippen LogP contribution < -0.4 is 11.1 Å². The minimum absolute atomic E-state index is 0.150. The van der Waals surface area contributed by atoms with Crippen molar-refractivity contribution >= 4 is 11.6 Å². The van der Waals surface area contributed by atoms with Gasteiger partial charge in [-0.3, -0.25) is 9.78 Å². The van der Waals surface area contributed by atoms with E-state index in [0.717, 1.165) is 23.2 Å². The van der Waals surface area contributed by atoms with Crippen molar-refractivity contribution < 1.29 is 4.79 Å². The molecule has 1 amide bonds. The Labute approximate surface area is 112 Å². The van der Waals surface area contributed by atoms with E-state index in [0.29, 0.717) is 12.1 Å². The number of hydrogen-bond acceptors (Lipinski definition) is 3. The zero-order chi connectivity index (χ0) is 13.7. The normalized spacial score (nSPS) is 10.2. The van der Waals surface area contributed by atoms with E-state index < -0.39 is 0 Å². The van der Waals surface area contributed by atoms with Crippen molar-refractivity contribution in [3.05, 3.63) is 59.4 Å². The molecule has 0 atom stereocenters. The minimum atomic E-state index is -0.150. The molecular weight excluding hydrogens is 238 g/mol. The number of aromatic nitrogens is 1. The van der Waals surface area contributed by atoms with E-state index in [-0.39, 0.29) is 5.91 Å². The monoisotopic (exact) mass is 255 g/mol. The first-order valence-electron chi connectivity index (χ1n) is 6.21. The van der Waals surface area contributed by atoms with E-state index in [2.05, 4.69) is 10.3 Å². The molecule has 3 N–H and O–H groups in total. The number of carbonyl (C=O) groups is 1. The Kier molecular flexibility index (Phi) is 4.26. The highest BCUT2D eigenvalue weighted by atomic mass is 16.1. The summed E-state index contributed by atoms with van der Waals surface area (Å²) in [5.41, 5.74) is 8.95. The summed E-state index contributed by atoms with van der Waals surface area (Å²) in [5.74, 6) is -0.150. The molecule has 1 heterocycles. The lowest BCUT2D eigenvalue weighted by molar-refractivity contribution is 0.102. The third kappa shape index (κ3) is 3.63. The number of benzene rings is 1. The van der Waals surface area contributed by atoms with E-state index in [9.17, 15) is 4.79 Å². The standard InChI is InChI=1S/C15H17N3O/c1-11-8-13(10-17-9-11)15(19)18-14-4-2-12(3-5-14)6-7-16/h2-5,8-10H,6-7,16H2,1H3,(H,18,19). The topological polar surface area (TPSA) is 68.0 Å². The van der Waals surface area contributed by atoms with Gasteiger partial charge in [0.15, 0.2) is 0 Å². The van der Waals surface area contributed by atoms with Crippen molar-refractivity contribution in [1.29, 1.82) is 0 Å². The number of amides is 1. The predicted octanol–water partition coefficient (Wildman–Crippen LogP) is 2.14. The lowest BCUT2D eigenvalue weighted by Crippen LogP contribution is -2.12. The Hall–Kier alpha value is -2.20. The van der Waals surface area contributed by atoms with Crippen molar-refractivity contribution in [2.75, 3.05) is 11.9 Å². The van der Waals surface area contributed by atoms with Gasteiger partial charge < -0.3 is 11.1 Å². The summed E-state index contributed by atoms with van der Waals surface area (Å²) in [4.78, 5) is 16.0. The van der Waals surface area contributed by atoms with Gasteiger partial charge in [-0.2, -0.15) is 0 Å². The van der Waals surface area contributed by atoms with E-state index >= 15 is 0 Å². The zero-order valence-corrected chi connectivity index (χ0v) is 10.9. The Morgan fingerprint density at radius 2 is 2.00 bits per heavy atom. The Morgan fingerprint density at radius 1 is 1.26 bits per heavy atom. The molecule has 2 aromatic rings. The summed E-state index contributed by atoms with van der Waals surface area (Å²) in [6.45, 7) is 2.53. The second kappa shape index (κ2) is 6.11. The van der Waals surface area contributed by atoms with Crippen molar-refractivity contribution in [1.82, 2.24) is 4.98 Å². The summed E-state index contributed by atoms with van der Waals surface area (Å²) in [6.07, 6.45) is 4.12. The van der Waals surface area contributed by atoms with Gasteiger partial charge in [-0.25, -0.2) is 0 Å². The van der Waals surface area contributed by atoms with E-state index in [1.165, 1.54) is 0 Å². The van der Waals surface area contributed by atoms with E-state index in [4.69, 9.17) is 5.73 Å². The van der Waals surface area contributed by atoms with Gasteiger partial charge >= 0.3 is 0 Å². The fourth-order valence-corrected chi connectivity index (χ4v) is 1.80. The number of rotatable bonds is 4. The van der Waals surface area contributed by atoms with Crippen LogP contribution in [0.25, 0.3) is 0 Å². The zero-order valence-electron chi connectivity index (χ0n) is 10.9. The SMILES string of the molecule is Cc1cncc(C(=O)Nc2ccc(CCN)cc2)c1. The maximum atomic E-state index is 12.0. The van der Waals surface area contributed by atoms with Gasteiger partial charge in [0.05, 0.1) is 5.56 Å². The van der Waals surface area contributed by atoms with Crippen LogP contribution in [0.3, 0.4) is 0 Å². The van der Waals surface area contributed by atoms with Gasteiger partial charge in [0.25, 0.3) is 5.91 Å². The molecule has 0 fully saturated rings. The van der Waals surface area contributed by atoms with Crippen LogP contribution in [0, 0.1) is 6.92 Å². The van der Waals surface area contributed by atoms with Crippen LogP contribution in [0.4, 0.5) is 5.69 Å². The third-order valence-corrected chi connectivity index (χ3v) is 2.78. The Morgan fingerprint density at radius 3 is 2.63 bits per heavy atom. The third-order valence-electron chi connectivity index (χ3n) is 2.78. The first kappa shape index (κ1) is 13.2. The molecule has 4 heteroatoms. The van der Waals surface area contributed by atoms with Crippen LogP contribution in [0.2, 0.25) is 0 Å². The maximum absolute atomic E-state index is 12.0. The number of anilines is 1. The smallest absolute Gasteiger partial charge is 0.257 e. The second-order valence-corrected chi connectivity index (χ2v) is 4.44. The molecule has 0 unspecified atom stereocenters. The minimum Gasteiger partial charge on any atom is -0.330 e. The van der Waals surface area contributed by atoms with Gasteiger partial charge in [-0.15, -0.1) is 0 Å².